The summed E-state index contributed by atoms with van der Waals surface area (Å²) in [6.07, 6.45) is -3.11. The van der Waals surface area contributed by atoms with Gasteiger partial charge in [-0.1, -0.05) is 10.2 Å². The highest BCUT2D eigenvalue weighted by Gasteiger charge is 2.31. The number of aliphatic hydroxyl groups is 3. The van der Waals surface area contributed by atoms with Gasteiger partial charge in [-0.2, -0.15) is 0 Å². The minimum atomic E-state index is -1.70. The van der Waals surface area contributed by atoms with Crippen molar-refractivity contribution in [2.45, 2.75) is 24.3 Å². The van der Waals surface area contributed by atoms with Gasteiger partial charge in [0.05, 0.1) is 24.9 Å². The standard InChI is InChI=1S/C6H10N6O4/c7-11-9-3(1-13)6(16)5(10-12-8)4(15)2-14/h1,3-6,14-16H,2H2. The summed E-state index contributed by atoms with van der Waals surface area (Å²) in [7, 11) is 0. The first-order chi connectivity index (χ1) is 7.62. The first-order valence-corrected chi connectivity index (χ1v) is 4.13. The van der Waals surface area contributed by atoms with E-state index >= 15 is 0 Å². The van der Waals surface area contributed by atoms with E-state index < -0.39 is 30.9 Å². The number of azide groups is 2. The molecule has 0 aromatic heterocycles. The van der Waals surface area contributed by atoms with Crippen molar-refractivity contribution < 1.29 is 20.1 Å². The van der Waals surface area contributed by atoms with Crippen molar-refractivity contribution in [2.24, 2.45) is 10.2 Å². The smallest absolute Gasteiger partial charge is 0.131 e. The van der Waals surface area contributed by atoms with E-state index in [9.17, 15) is 15.0 Å². The quantitative estimate of drug-likeness (QED) is 0.226. The maximum Gasteiger partial charge on any atom is 0.131 e. The normalized spacial score (nSPS) is 17.2. The van der Waals surface area contributed by atoms with E-state index in [0.717, 1.165) is 0 Å². The molecule has 88 valence electrons. The SMILES string of the molecule is [N-]=[N+]=NC(C=O)C(O)C(N=[N+]=[N-])C(O)CO. The highest BCUT2D eigenvalue weighted by molar-refractivity contribution is 5.59. The van der Waals surface area contributed by atoms with E-state index in [1.54, 1.807) is 0 Å². The number of nitrogens with zero attached hydrogens (tertiary/aromatic N) is 6. The molecule has 0 rings (SSSR count). The van der Waals surface area contributed by atoms with E-state index in [2.05, 4.69) is 20.1 Å². The molecule has 0 fully saturated rings. The Morgan fingerprint density at radius 1 is 1.25 bits per heavy atom. The van der Waals surface area contributed by atoms with Gasteiger partial charge in [-0.15, -0.1) is 0 Å². The number of carbonyl (C=O) groups is 1. The molecule has 0 aromatic rings. The maximum absolute atomic E-state index is 10.5. The van der Waals surface area contributed by atoms with E-state index in [0.29, 0.717) is 0 Å². The van der Waals surface area contributed by atoms with Crippen LogP contribution in [0.4, 0.5) is 0 Å². The Kier molecular flexibility index (Phi) is 6.61. The molecule has 16 heavy (non-hydrogen) atoms. The van der Waals surface area contributed by atoms with Crippen LogP contribution in [0.3, 0.4) is 0 Å². The van der Waals surface area contributed by atoms with Crippen LogP contribution in [0.15, 0.2) is 10.2 Å². The van der Waals surface area contributed by atoms with Gasteiger partial charge in [-0.25, -0.2) is 0 Å². The van der Waals surface area contributed by atoms with Gasteiger partial charge in [0.25, 0.3) is 0 Å². The zero-order valence-electron chi connectivity index (χ0n) is 8.03. The monoisotopic (exact) mass is 230 g/mol. The number of aldehydes is 1. The zero-order chi connectivity index (χ0) is 12.6. The van der Waals surface area contributed by atoms with Crippen LogP contribution in [0.5, 0.6) is 0 Å². The minimum Gasteiger partial charge on any atom is -0.394 e. The fraction of sp³-hybridized carbons (Fsp3) is 0.833. The predicted molar refractivity (Wildman–Crippen MR) is 51.0 cm³/mol. The summed E-state index contributed by atoms with van der Waals surface area (Å²) in [6, 6.07) is -2.97. The fourth-order valence-electron chi connectivity index (χ4n) is 0.978. The average molecular weight is 230 g/mol. The molecule has 0 aromatic carbocycles. The summed E-state index contributed by atoms with van der Waals surface area (Å²) >= 11 is 0. The molecular weight excluding hydrogens is 220 g/mol. The molecule has 0 amide bonds. The molecule has 10 heteroatoms. The summed E-state index contributed by atoms with van der Waals surface area (Å²) in [5.41, 5.74) is 16.3. The summed E-state index contributed by atoms with van der Waals surface area (Å²) in [5.74, 6) is 0. The first-order valence-electron chi connectivity index (χ1n) is 4.13. The molecule has 0 aliphatic heterocycles. The van der Waals surface area contributed by atoms with Gasteiger partial charge in [-0.3, -0.25) is 0 Å². The lowest BCUT2D eigenvalue weighted by atomic mass is 10.0. The van der Waals surface area contributed by atoms with E-state index in [4.69, 9.17) is 16.2 Å². The van der Waals surface area contributed by atoms with Crippen molar-refractivity contribution in [1.82, 2.24) is 0 Å². The molecule has 0 bridgehead atoms. The van der Waals surface area contributed by atoms with Crippen molar-refractivity contribution in [2.75, 3.05) is 6.61 Å². The summed E-state index contributed by atoms with van der Waals surface area (Å²) in [4.78, 5) is 15.1. The third kappa shape index (κ3) is 3.73. The van der Waals surface area contributed by atoms with Crippen LogP contribution in [0.1, 0.15) is 0 Å². The summed E-state index contributed by atoms with van der Waals surface area (Å²) in [6.45, 7) is -0.775. The zero-order valence-corrected chi connectivity index (χ0v) is 8.03. The number of rotatable bonds is 7. The molecule has 0 saturated heterocycles. The average Bonchev–Trinajstić information content (AvgIpc) is 2.31. The van der Waals surface area contributed by atoms with Gasteiger partial charge in [0.1, 0.15) is 12.3 Å². The van der Waals surface area contributed by atoms with Crippen LogP contribution in [-0.2, 0) is 4.79 Å². The van der Waals surface area contributed by atoms with Crippen LogP contribution in [0.25, 0.3) is 20.9 Å². The Hall–Kier alpha value is -1.83. The number of hydrogen-bond acceptors (Lipinski definition) is 6. The minimum absolute atomic E-state index is 0.147. The van der Waals surface area contributed by atoms with Gasteiger partial charge in [0.2, 0.25) is 0 Å². The van der Waals surface area contributed by atoms with Crippen molar-refractivity contribution in [3.05, 3.63) is 20.9 Å². The predicted octanol–water partition coefficient (Wildman–Crippen LogP) is -0.743. The topological polar surface area (TPSA) is 175 Å². The summed E-state index contributed by atoms with van der Waals surface area (Å²) in [5, 5.41) is 33.3. The van der Waals surface area contributed by atoms with Crippen LogP contribution >= 0.6 is 0 Å². The van der Waals surface area contributed by atoms with Gasteiger partial charge in [0.15, 0.2) is 0 Å². The van der Waals surface area contributed by atoms with Crippen LogP contribution in [-0.4, -0.2) is 52.5 Å². The molecule has 0 radical (unpaired) electrons. The third-order valence-corrected chi connectivity index (χ3v) is 1.79. The van der Waals surface area contributed by atoms with Crippen LogP contribution in [0.2, 0.25) is 0 Å². The molecule has 0 aliphatic carbocycles. The van der Waals surface area contributed by atoms with Gasteiger partial charge >= 0.3 is 0 Å². The Balaban J connectivity index is 4.96. The first kappa shape index (κ1) is 14.2. The lowest BCUT2D eigenvalue weighted by Gasteiger charge is -2.23. The van der Waals surface area contributed by atoms with Gasteiger partial charge < -0.3 is 20.1 Å². The second-order valence-electron chi connectivity index (χ2n) is 2.77. The van der Waals surface area contributed by atoms with Crippen molar-refractivity contribution >= 4 is 6.29 Å². The maximum atomic E-state index is 10.5. The Morgan fingerprint density at radius 2 is 1.81 bits per heavy atom. The van der Waals surface area contributed by atoms with Crippen molar-refractivity contribution in [3.8, 4) is 0 Å². The lowest BCUT2D eigenvalue weighted by molar-refractivity contribution is -0.111. The number of hydrogen-bond donors (Lipinski definition) is 3. The highest BCUT2D eigenvalue weighted by Crippen LogP contribution is 2.11. The van der Waals surface area contributed by atoms with E-state index in [1.165, 1.54) is 0 Å². The third-order valence-electron chi connectivity index (χ3n) is 1.79. The molecule has 3 N–H and O–H groups in total. The molecular formula is C6H10N6O4. The van der Waals surface area contributed by atoms with Crippen molar-refractivity contribution in [3.63, 3.8) is 0 Å². The van der Waals surface area contributed by atoms with Gasteiger partial charge in [-0.05, 0) is 11.1 Å². The molecule has 0 spiro atoms. The van der Waals surface area contributed by atoms with E-state index in [-0.39, 0.29) is 6.29 Å². The van der Waals surface area contributed by atoms with Crippen LogP contribution in [0, 0.1) is 0 Å². The molecule has 0 aliphatic rings. The number of carbonyl (C=O) groups excluding carboxylic acids is 1. The highest BCUT2D eigenvalue weighted by atomic mass is 16.3. The van der Waals surface area contributed by atoms with Gasteiger partial charge in [0, 0.05) is 9.82 Å². The molecule has 4 unspecified atom stereocenters. The van der Waals surface area contributed by atoms with E-state index in [1.807, 2.05) is 0 Å². The van der Waals surface area contributed by atoms with Crippen LogP contribution < -0.4 is 0 Å². The summed E-state index contributed by atoms with van der Waals surface area (Å²) < 4.78 is 0. The molecule has 10 nitrogen and oxygen atoms in total. The Bertz CT molecular complexity index is 323. The Labute approximate surface area is 89.4 Å². The second-order valence-corrected chi connectivity index (χ2v) is 2.77. The molecule has 0 heterocycles. The molecule has 4 atom stereocenters. The fourth-order valence-corrected chi connectivity index (χ4v) is 0.978. The largest absolute Gasteiger partial charge is 0.394 e. The second kappa shape index (κ2) is 7.46. The van der Waals surface area contributed by atoms with Crippen molar-refractivity contribution in [1.29, 1.82) is 0 Å². The number of aliphatic hydroxyl groups excluding tert-OH is 3. The lowest BCUT2D eigenvalue weighted by Crippen LogP contribution is -2.44. The molecule has 0 saturated carbocycles. The Morgan fingerprint density at radius 3 is 2.19 bits per heavy atom.